The van der Waals surface area contributed by atoms with Crippen molar-refractivity contribution in [3.63, 3.8) is 0 Å². The van der Waals surface area contributed by atoms with Crippen LogP contribution in [0.2, 0.25) is 0 Å². The van der Waals surface area contributed by atoms with Crippen molar-refractivity contribution in [1.29, 1.82) is 0 Å². The van der Waals surface area contributed by atoms with Crippen LogP contribution in [0.15, 0.2) is 12.1 Å². The van der Waals surface area contributed by atoms with Gasteiger partial charge in [0.2, 0.25) is 0 Å². The Morgan fingerprint density at radius 3 is 2.62 bits per heavy atom. The van der Waals surface area contributed by atoms with Crippen LogP contribution in [0.1, 0.15) is 9.75 Å². The number of thiophene rings is 1. The van der Waals surface area contributed by atoms with E-state index >= 15 is 0 Å². The quantitative estimate of drug-likeness (QED) is 0.801. The minimum atomic E-state index is -2.39. The first-order valence-corrected chi connectivity index (χ1v) is 4.67. The Kier molecular flexibility index (Phi) is 4.27. The van der Waals surface area contributed by atoms with Gasteiger partial charge in [-0.1, -0.05) is 0 Å². The van der Waals surface area contributed by atoms with Crippen LogP contribution in [0.5, 0.6) is 0 Å². The number of hydrogen-bond acceptors (Lipinski definition) is 3. The average molecular weight is 207 g/mol. The van der Waals surface area contributed by atoms with Crippen molar-refractivity contribution in [1.82, 2.24) is 0 Å². The summed E-state index contributed by atoms with van der Waals surface area (Å²) >= 11 is 1.49. The predicted octanol–water partition coefficient (Wildman–Crippen LogP) is 1.99. The van der Waals surface area contributed by atoms with Crippen molar-refractivity contribution >= 4 is 11.3 Å². The Balaban J connectivity index is 2.28. The fourth-order valence-electron chi connectivity index (χ4n) is 0.858. The largest absolute Gasteiger partial charge is 0.370 e. The molecule has 1 heterocycles. The van der Waals surface area contributed by atoms with Gasteiger partial charge in [0.1, 0.15) is 6.61 Å². The smallest absolute Gasteiger partial charge is 0.261 e. The molecule has 1 aromatic rings. The minimum absolute atomic E-state index is 0.245. The van der Waals surface area contributed by atoms with Crippen LogP contribution in [0, 0.1) is 0 Å². The zero-order chi connectivity index (χ0) is 9.68. The van der Waals surface area contributed by atoms with Gasteiger partial charge in [0.05, 0.1) is 6.61 Å². The molecular weight excluding hydrogens is 196 g/mol. The molecule has 1 rings (SSSR count). The van der Waals surface area contributed by atoms with Gasteiger partial charge in [0.15, 0.2) is 0 Å². The lowest BCUT2D eigenvalue weighted by Crippen LogP contribution is -2.03. The van der Waals surface area contributed by atoms with Crippen LogP contribution in [-0.4, -0.2) is 13.0 Å². The van der Waals surface area contributed by atoms with Gasteiger partial charge in [0, 0.05) is 16.3 Å². The normalized spacial score (nSPS) is 11.1. The summed E-state index contributed by atoms with van der Waals surface area (Å²) in [5, 5.41) is 0. The van der Waals surface area contributed by atoms with E-state index in [2.05, 4.69) is 0 Å². The highest BCUT2D eigenvalue weighted by Gasteiger charge is 2.03. The van der Waals surface area contributed by atoms with E-state index in [0.29, 0.717) is 6.54 Å². The summed E-state index contributed by atoms with van der Waals surface area (Å²) in [6.45, 7) is 0.227. The highest BCUT2D eigenvalue weighted by atomic mass is 32.1. The summed E-state index contributed by atoms with van der Waals surface area (Å²) in [7, 11) is 0. The third-order valence-corrected chi connectivity index (χ3v) is 2.49. The number of ether oxygens (including phenoxy) is 1. The van der Waals surface area contributed by atoms with E-state index in [1.807, 2.05) is 12.1 Å². The maximum Gasteiger partial charge on any atom is 0.261 e. The van der Waals surface area contributed by atoms with Crippen LogP contribution >= 0.6 is 11.3 Å². The van der Waals surface area contributed by atoms with Gasteiger partial charge >= 0.3 is 0 Å². The first-order chi connectivity index (χ1) is 6.22. The lowest BCUT2D eigenvalue weighted by Gasteiger charge is -1.99. The highest BCUT2D eigenvalue weighted by Crippen LogP contribution is 2.16. The third-order valence-electron chi connectivity index (χ3n) is 1.41. The van der Waals surface area contributed by atoms with Gasteiger partial charge in [-0.2, -0.15) is 0 Å². The lowest BCUT2D eigenvalue weighted by atomic mass is 10.4. The molecule has 1 aromatic heterocycles. The number of rotatable bonds is 5. The fraction of sp³-hybridized carbons (Fsp3) is 0.500. The molecular formula is C8H11F2NOS. The van der Waals surface area contributed by atoms with Crippen LogP contribution in [0.25, 0.3) is 0 Å². The van der Waals surface area contributed by atoms with Crippen molar-refractivity contribution < 1.29 is 13.5 Å². The zero-order valence-corrected chi connectivity index (χ0v) is 7.82. The standard InChI is InChI=1S/C8H11F2NOS/c9-8(10)5-12-4-7-2-1-6(3-11)13-7/h1-2,8H,3-5,11H2. The Hall–Kier alpha value is -0.520. The summed E-state index contributed by atoms with van der Waals surface area (Å²) in [5.74, 6) is 0. The third kappa shape index (κ3) is 3.80. The minimum Gasteiger partial charge on any atom is -0.370 e. The average Bonchev–Trinajstić information content (AvgIpc) is 2.52. The summed E-state index contributed by atoms with van der Waals surface area (Å²) in [5.41, 5.74) is 5.39. The van der Waals surface area contributed by atoms with E-state index in [0.717, 1.165) is 9.75 Å². The molecule has 0 bridgehead atoms. The van der Waals surface area contributed by atoms with Gasteiger partial charge in [-0.25, -0.2) is 8.78 Å². The maximum atomic E-state index is 11.7. The molecule has 13 heavy (non-hydrogen) atoms. The maximum absolute atomic E-state index is 11.7. The van der Waals surface area contributed by atoms with E-state index in [1.165, 1.54) is 11.3 Å². The molecule has 0 radical (unpaired) electrons. The van der Waals surface area contributed by atoms with E-state index in [-0.39, 0.29) is 6.61 Å². The van der Waals surface area contributed by atoms with Gasteiger partial charge in [0.25, 0.3) is 6.43 Å². The second kappa shape index (κ2) is 5.26. The molecule has 0 spiro atoms. The van der Waals surface area contributed by atoms with Crippen LogP contribution in [0.3, 0.4) is 0 Å². The number of nitrogens with two attached hydrogens (primary N) is 1. The topological polar surface area (TPSA) is 35.2 Å². The highest BCUT2D eigenvalue weighted by molar-refractivity contribution is 7.11. The molecule has 74 valence electrons. The van der Waals surface area contributed by atoms with Gasteiger partial charge in [-0.3, -0.25) is 0 Å². The molecule has 0 saturated heterocycles. The fourth-order valence-corrected chi connectivity index (χ4v) is 1.69. The van der Waals surface area contributed by atoms with E-state index < -0.39 is 13.0 Å². The van der Waals surface area contributed by atoms with Crippen LogP contribution in [0.4, 0.5) is 8.78 Å². The van der Waals surface area contributed by atoms with Crippen LogP contribution < -0.4 is 5.73 Å². The molecule has 0 aromatic carbocycles. The van der Waals surface area contributed by atoms with Crippen LogP contribution in [-0.2, 0) is 17.9 Å². The molecule has 0 atom stereocenters. The van der Waals surface area contributed by atoms with E-state index in [1.54, 1.807) is 0 Å². The van der Waals surface area contributed by atoms with Crippen molar-refractivity contribution in [2.24, 2.45) is 5.73 Å². The van der Waals surface area contributed by atoms with Gasteiger partial charge < -0.3 is 10.5 Å². The molecule has 0 saturated carbocycles. The van der Waals surface area contributed by atoms with Crippen molar-refractivity contribution in [2.75, 3.05) is 6.61 Å². The van der Waals surface area contributed by atoms with Gasteiger partial charge in [-0.15, -0.1) is 11.3 Å². The molecule has 0 aliphatic rings. The molecule has 0 unspecified atom stereocenters. The van der Waals surface area contributed by atoms with Crippen molar-refractivity contribution in [2.45, 2.75) is 19.6 Å². The molecule has 5 heteroatoms. The van der Waals surface area contributed by atoms with Gasteiger partial charge in [-0.05, 0) is 12.1 Å². The van der Waals surface area contributed by atoms with E-state index in [9.17, 15) is 8.78 Å². The SMILES string of the molecule is NCc1ccc(COCC(F)F)s1. The Morgan fingerprint density at radius 2 is 2.08 bits per heavy atom. The second-order valence-corrected chi connectivity index (χ2v) is 3.73. The Labute approximate surface area is 79.3 Å². The molecule has 2 N–H and O–H groups in total. The summed E-state index contributed by atoms with van der Waals surface area (Å²) < 4.78 is 28.1. The zero-order valence-electron chi connectivity index (χ0n) is 7.00. The molecule has 0 aliphatic carbocycles. The number of hydrogen-bond donors (Lipinski definition) is 1. The monoisotopic (exact) mass is 207 g/mol. The van der Waals surface area contributed by atoms with E-state index in [4.69, 9.17) is 10.5 Å². The Morgan fingerprint density at radius 1 is 1.38 bits per heavy atom. The molecule has 0 fully saturated rings. The summed E-state index contributed by atoms with van der Waals surface area (Å²) in [4.78, 5) is 1.97. The van der Waals surface area contributed by atoms with Crippen molar-refractivity contribution in [3.8, 4) is 0 Å². The molecule has 2 nitrogen and oxygen atoms in total. The second-order valence-electron chi connectivity index (χ2n) is 2.48. The first-order valence-electron chi connectivity index (χ1n) is 3.86. The predicted molar refractivity (Wildman–Crippen MR) is 47.9 cm³/mol. The summed E-state index contributed by atoms with van der Waals surface area (Å²) in [6.07, 6.45) is -2.39. The Bertz CT molecular complexity index is 252. The molecule has 0 aliphatic heterocycles. The number of alkyl halides is 2. The number of halogens is 2. The molecule has 0 amide bonds. The summed E-state index contributed by atoms with van der Waals surface area (Å²) in [6, 6.07) is 3.73. The van der Waals surface area contributed by atoms with Crippen molar-refractivity contribution in [3.05, 3.63) is 21.9 Å². The lowest BCUT2D eigenvalue weighted by molar-refractivity contribution is 0.0108. The first kappa shape index (κ1) is 10.6.